The first-order valence-electron chi connectivity index (χ1n) is 10.1. The second-order valence-electron chi connectivity index (χ2n) is 6.68. The first-order chi connectivity index (χ1) is 13.2. The van der Waals surface area contributed by atoms with Crippen LogP contribution in [-0.2, 0) is 16.1 Å². The van der Waals surface area contributed by atoms with Crippen LogP contribution in [-0.4, -0.2) is 49.7 Å². The number of carbonyl (C=O) groups excluding carboxylic acids is 1. The normalized spacial score (nSPS) is 15.0. The molecule has 1 fully saturated rings. The highest BCUT2D eigenvalue weighted by Gasteiger charge is 2.27. The van der Waals surface area contributed by atoms with E-state index in [2.05, 4.69) is 36.2 Å². The highest BCUT2D eigenvalue weighted by Crippen LogP contribution is 2.19. The maximum Gasteiger partial charge on any atom is 0.309 e. The number of hydrogen-bond acceptors (Lipinski definition) is 4. The van der Waals surface area contributed by atoms with Crippen molar-refractivity contribution in [2.24, 2.45) is 10.9 Å². The maximum absolute atomic E-state index is 11.9. The molecule has 1 saturated heterocycles. The van der Waals surface area contributed by atoms with Crippen LogP contribution in [0.2, 0.25) is 0 Å². The Balaban J connectivity index is 0.00000392. The molecule has 1 aromatic rings. The zero-order valence-corrected chi connectivity index (χ0v) is 19.6. The number of guanidine groups is 1. The monoisotopic (exact) mass is 503 g/mol. The molecule has 1 aliphatic rings. The number of likely N-dealkylation sites (tertiary alicyclic amines) is 1. The first kappa shape index (κ1) is 24.5. The van der Waals surface area contributed by atoms with Gasteiger partial charge in [0.1, 0.15) is 5.75 Å². The Morgan fingerprint density at radius 1 is 1.25 bits per heavy atom. The predicted octanol–water partition coefficient (Wildman–Crippen LogP) is 3.83. The molecule has 0 bridgehead atoms. The van der Waals surface area contributed by atoms with Crippen LogP contribution < -0.4 is 10.1 Å². The summed E-state index contributed by atoms with van der Waals surface area (Å²) >= 11 is 0. The van der Waals surface area contributed by atoms with E-state index in [0.717, 1.165) is 62.8 Å². The molecule has 1 aliphatic heterocycles. The number of halogens is 1. The summed E-state index contributed by atoms with van der Waals surface area (Å²) in [4.78, 5) is 18.9. The summed E-state index contributed by atoms with van der Waals surface area (Å²) < 4.78 is 10.9. The minimum absolute atomic E-state index is 0. The summed E-state index contributed by atoms with van der Waals surface area (Å²) in [5, 5.41) is 3.37. The van der Waals surface area contributed by atoms with Gasteiger partial charge in [-0.25, -0.2) is 4.99 Å². The maximum atomic E-state index is 11.9. The second kappa shape index (κ2) is 13.6. The molecule has 1 N–H and O–H groups in total. The summed E-state index contributed by atoms with van der Waals surface area (Å²) in [7, 11) is 0. The van der Waals surface area contributed by atoms with Gasteiger partial charge in [-0.05, 0) is 50.8 Å². The van der Waals surface area contributed by atoms with Crippen molar-refractivity contribution < 1.29 is 14.3 Å². The van der Waals surface area contributed by atoms with Gasteiger partial charge < -0.3 is 19.7 Å². The van der Waals surface area contributed by atoms with Crippen molar-refractivity contribution in [1.82, 2.24) is 10.2 Å². The number of nitrogens with zero attached hydrogens (tertiary/aromatic N) is 2. The average Bonchev–Trinajstić information content (AvgIpc) is 2.70. The Labute approximate surface area is 186 Å². The van der Waals surface area contributed by atoms with E-state index >= 15 is 0 Å². The topological polar surface area (TPSA) is 63.2 Å². The van der Waals surface area contributed by atoms with Gasteiger partial charge in [0, 0.05) is 19.6 Å². The smallest absolute Gasteiger partial charge is 0.309 e. The van der Waals surface area contributed by atoms with Crippen LogP contribution in [0.1, 0.15) is 45.6 Å². The Kier molecular flexibility index (Phi) is 11.9. The predicted molar refractivity (Wildman–Crippen MR) is 123 cm³/mol. The van der Waals surface area contributed by atoms with E-state index < -0.39 is 0 Å². The summed E-state index contributed by atoms with van der Waals surface area (Å²) in [5.41, 5.74) is 1.13. The van der Waals surface area contributed by atoms with Crippen molar-refractivity contribution in [1.29, 1.82) is 0 Å². The van der Waals surface area contributed by atoms with Gasteiger partial charge in [0.05, 0.1) is 25.7 Å². The van der Waals surface area contributed by atoms with Gasteiger partial charge in [0.2, 0.25) is 0 Å². The van der Waals surface area contributed by atoms with E-state index in [0.29, 0.717) is 13.2 Å². The Hall–Kier alpha value is -1.51. The first-order valence-corrected chi connectivity index (χ1v) is 10.1. The molecule has 0 spiro atoms. The van der Waals surface area contributed by atoms with Gasteiger partial charge in [-0.15, -0.1) is 24.0 Å². The fraction of sp³-hybridized carbons (Fsp3) is 0.619. The number of aliphatic imine (C=N–C) groups is 1. The number of piperidine rings is 1. The van der Waals surface area contributed by atoms with Gasteiger partial charge in [-0.2, -0.15) is 0 Å². The van der Waals surface area contributed by atoms with Crippen LogP contribution in [0.25, 0.3) is 0 Å². The fourth-order valence-corrected chi connectivity index (χ4v) is 3.13. The minimum atomic E-state index is -0.0667. The van der Waals surface area contributed by atoms with Crippen LogP contribution in [0, 0.1) is 5.92 Å². The quantitative estimate of drug-likeness (QED) is 0.253. The molecule has 0 saturated carbocycles. The number of benzene rings is 1. The molecule has 0 atom stereocenters. The van der Waals surface area contributed by atoms with Gasteiger partial charge in [-0.3, -0.25) is 4.79 Å². The van der Waals surface area contributed by atoms with Crippen LogP contribution in [0.4, 0.5) is 0 Å². The molecule has 1 aromatic carbocycles. The van der Waals surface area contributed by atoms with Gasteiger partial charge >= 0.3 is 5.97 Å². The van der Waals surface area contributed by atoms with Crippen molar-refractivity contribution in [2.75, 3.05) is 32.8 Å². The largest absolute Gasteiger partial charge is 0.494 e. The molecule has 1 heterocycles. The zero-order chi connectivity index (χ0) is 19.5. The third-order valence-corrected chi connectivity index (χ3v) is 4.53. The molecule has 7 heteroatoms. The Morgan fingerprint density at radius 3 is 2.64 bits per heavy atom. The van der Waals surface area contributed by atoms with Crippen molar-refractivity contribution >= 4 is 35.9 Å². The fourth-order valence-electron chi connectivity index (χ4n) is 3.13. The van der Waals surface area contributed by atoms with E-state index in [9.17, 15) is 4.79 Å². The molecule has 2 rings (SSSR count). The van der Waals surface area contributed by atoms with E-state index in [1.54, 1.807) is 0 Å². The lowest BCUT2D eigenvalue weighted by molar-refractivity contribution is -0.149. The number of esters is 1. The SMILES string of the molecule is CCCOc1cccc(CN=C(NCC)N2CCC(C(=O)OCC)CC2)c1.I. The van der Waals surface area contributed by atoms with Crippen LogP contribution in [0.3, 0.4) is 0 Å². The van der Waals surface area contributed by atoms with Crippen molar-refractivity contribution in [2.45, 2.75) is 46.6 Å². The zero-order valence-electron chi connectivity index (χ0n) is 17.3. The lowest BCUT2D eigenvalue weighted by Crippen LogP contribution is -2.46. The Morgan fingerprint density at radius 2 is 2.00 bits per heavy atom. The van der Waals surface area contributed by atoms with Crippen LogP contribution in [0.15, 0.2) is 29.3 Å². The van der Waals surface area contributed by atoms with Gasteiger partial charge in [-0.1, -0.05) is 19.1 Å². The van der Waals surface area contributed by atoms with Gasteiger partial charge in [0.15, 0.2) is 5.96 Å². The second-order valence-corrected chi connectivity index (χ2v) is 6.68. The number of rotatable bonds is 8. The van der Waals surface area contributed by atoms with Crippen molar-refractivity contribution in [3.05, 3.63) is 29.8 Å². The van der Waals surface area contributed by atoms with E-state index in [4.69, 9.17) is 14.5 Å². The molecule has 0 radical (unpaired) electrons. The molecular weight excluding hydrogens is 469 g/mol. The highest BCUT2D eigenvalue weighted by atomic mass is 127. The third kappa shape index (κ3) is 7.85. The number of ether oxygens (including phenoxy) is 2. The number of carbonyl (C=O) groups is 1. The van der Waals surface area contributed by atoms with Crippen molar-refractivity contribution in [3.63, 3.8) is 0 Å². The lowest BCUT2D eigenvalue weighted by atomic mass is 9.97. The van der Waals surface area contributed by atoms with Crippen LogP contribution in [0.5, 0.6) is 5.75 Å². The van der Waals surface area contributed by atoms with E-state index in [-0.39, 0.29) is 35.9 Å². The minimum Gasteiger partial charge on any atom is -0.494 e. The number of hydrogen-bond donors (Lipinski definition) is 1. The highest BCUT2D eigenvalue weighted by molar-refractivity contribution is 14.0. The molecule has 0 amide bonds. The summed E-state index contributed by atoms with van der Waals surface area (Å²) in [6.07, 6.45) is 2.61. The average molecular weight is 503 g/mol. The van der Waals surface area contributed by atoms with E-state index in [1.807, 2.05) is 19.1 Å². The molecule has 6 nitrogen and oxygen atoms in total. The van der Waals surface area contributed by atoms with E-state index in [1.165, 1.54) is 0 Å². The molecular formula is C21H34IN3O3. The molecule has 0 unspecified atom stereocenters. The van der Waals surface area contributed by atoms with Crippen molar-refractivity contribution in [3.8, 4) is 5.75 Å². The molecule has 0 aromatic heterocycles. The molecule has 158 valence electrons. The summed E-state index contributed by atoms with van der Waals surface area (Å²) in [6, 6.07) is 8.11. The molecule has 28 heavy (non-hydrogen) atoms. The summed E-state index contributed by atoms with van der Waals surface area (Å²) in [5.74, 6) is 1.74. The molecule has 0 aliphatic carbocycles. The Bertz CT molecular complexity index is 617. The lowest BCUT2D eigenvalue weighted by Gasteiger charge is -2.33. The standard InChI is InChI=1S/C21H33N3O3.HI/c1-4-14-27-19-9-7-8-17(15-19)16-23-21(22-5-2)24-12-10-18(11-13-24)20(25)26-6-3;/h7-9,15,18H,4-6,10-14,16H2,1-3H3,(H,22,23);1H. The summed E-state index contributed by atoms with van der Waals surface area (Å²) in [6.45, 7) is 10.2. The van der Waals surface area contributed by atoms with Crippen LogP contribution >= 0.6 is 24.0 Å². The van der Waals surface area contributed by atoms with Gasteiger partial charge in [0.25, 0.3) is 0 Å². The third-order valence-electron chi connectivity index (χ3n) is 4.53. The number of nitrogens with one attached hydrogen (secondary N) is 1.